The van der Waals surface area contributed by atoms with Crippen LogP contribution in [0.15, 0.2) is 34.9 Å². The minimum Gasteiger partial charge on any atom is -0.446 e. The molecule has 1 atom stereocenters. The Balaban J connectivity index is 1.84. The lowest BCUT2D eigenvalue weighted by Gasteiger charge is -2.05. The van der Waals surface area contributed by atoms with E-state index in [0.717, 1.165) is 19.3 Å². The van der Waals surface area contributed by atoms with E-state index >= 15 is 0 Å². The molecule has 0 aliphatic rings. The van der Waals surface area contributed by atoms with Crippen LogP contribution < -0.4 is 11.1 Å². The van der Waals surface area contributed by atoms with Gasteiger partial charge in [0, 0.05) is 6.54 Å². The van der Waals surface area contributed by atoms with Gasteiger partial charge >= 0.3 is 0 Å². The van der Waals surface area contributed by atoms with Crippen LogP contribution in [0.1, 0.15) is 54.2 Å². The van der Waals surface area contributed by atoms with Crippen LogP contribution in [0.5, 0.6) is 0 Å². The smallest absolute Gasteiger partial charge is 0.273 e. The van der Waals surface area contributed by atoms with Crippen LogP contribution in [0.3, 0.4) is 0 Å². The van der Waals surface area contributed by atoms with E-state index < -0.39 is 0 Å². The molecule has 2 rings (SSSR count). The van der Waals surface area contributed by atoms with E-state index in [4.69, 9.17) is 10.2 Å². The number of unbranched alkanes of at least 4 members (excludes halogenated alkanes) is 1. The van der Waals surface area contributed by atoms with Gasteiger partial charge in [-0.3, -0.25) is 4.79 Å². The zero-order valence-electron chi connectivity index (χ0n) is 13.2. The minimum atomic E-state index is -0.348. The molecule has 0 aliphatic heterocycles. The van der Waals surface area contributed by atoms with Crippen molar-refractivity contribution in [1.29, 1.82) is 0 Å². The molecule has 5 nitrogen and oxygen atoms in total. The van der Waals surface area contributed by atoms with Crippen molar-refractivity contribution in [2.45, 2.75) is 38.6 Å². The highest BCUT2D eigenvalue weighted by molar-refractivity contribution is 5.91. The predicted molar refractivity (Wildman–Crippen MR) is 85.4 cm³/mol. The molecule has 6 heteroatoms. The van der Waals surface area contributed by atoms with Gasteiger partial charge in [-0.1, -0.05) is 38.0 Å². The molecule has 0 radical (unpaired) electrons. The number of nitrogens with two attached hydrogens (primary N) is 1. The third-order valence-electron chi connectivity index (χ3n) is 3.58. The molecular weight excluding hydrogens is 297 g/mol. The number of hydrogen-bond acceptors (Lipinski definition) is 4. The van der Waals surface area contributed by atoms with Gasteiger partial charge in [0.2, 0.25) is 5.89 Å². The monoisotopic (exact) mass is 319 g/mol. The average Bonchev–Trinajstić information content (AvgIpc) is 3.04. The number of carbonyl (C=O) groups excluding carboxylic acids is 1. The van der Waals surface area contributed by atoms with Gasteiger partial charge in [-0.2, -0.15) is 0 Å². The van der Waals surface area contributed by atoms with E-state index in [1.54, 1.807) is 18.2 Å². The normalized spacial score (nSPS) is 12.1. The number of hydrogen-bond donors (Lipinski definition) is 2. The number of halogens is 1. The fourth-order valence-corrected chi connectivity index (χ4v) is 2.21. The molecule has 1 heterocycles. The topological polar surface area (TPSA) is 81.1 Å². The Morgan fingerprint density at radius 3 is 2.96 bits per heavy atom. The van der Waals surface area contributed by atoms with Gasteiger partial charge in [-0.25, -0.2) is 9.37 Å². The van der Waals surface area contributed by atoms with Gasteiger partial charge in [0.05, 0.1) is 6.04 Å². The van der Waals surface area contributed by atoms with E-state index in [0.29, 0.717) is 24.4 Å². The molecule has 2 aromatic rings. The first kappa shape index (κ1) is 17.1. The fourth-order valence-electron chi connectivity index (χ4n) is 2.21. The SMILES string of the molecule is CCCCC(N)c1nc(C(=O)NCCc2ccccc2F)co1. The van der Waals surface area contributed by atoms with Crippen molar-refractivity contribution in [2.24, 2.45) is 5.73 Å². The maximum atomic E-state index is 13.5. The summed E-state index contributed by atoms with van der Waals surface area (Å²) in [6.45, 7) is 2.40. The first-order valence-electron chi connectivity index (χ1n) is 7.84. The molecule has 0 saturated heterocycles. The number of benzene rings is 1. The highest BCUT2D eigenvalue weighted by Gasteiger charge is 2.16. The Labute approximate surface area is 135 Å². The number of amides is 1. The molecule has 1 aromatic carbocycles. The maximum absolute atomic E-state index is 13.5. The average molecular weight is 319 g/mol. The summed E-state index contributed by atoms with van der Waals surface area (Å²) in [6, 6.07) is 6.20. The van der Waals surface area contributed by atoms with Gasteiger partial charge in [0.1, 0.15) is 12.1 Å². The first-order chi connectivity index (χ1) is 11.1. The summed E-state index contributed by atoms with van der Waals surface area (Å²) in [7, 11) is 0. The molecule has 0 spiro atoms. The second kappa shape index (κ2) is 8.43. The predicted octanol–water partition coefficient (Wildman–Crippen LogP) is 2.98. The van der Waals surface area contributed by atoms with E-state index in [1.165, 1.54) is 12.3 Å². The Morgan fingerprint density at radius 2 is 2.22 bits per heavy atom. The largest absolute Gasteiger partial charge is 0.446 e. The Hall–Kier alpha value is -2.21. The summed E-state index contributed by atoms with van der Waals surface area (Å²) in [4.78, 5) is 16.1. The zero-order chi connectivity index (χ0) is 16.7. The van der Waals surface area contributed by atoms with Gasteiger partial charge in [-0.15, -0.1) is 0 Å². The van der Waals surface area contributed by atoms with Crippen molar-refractivity contribution in [3.8, 4) is 0 Å². The van der Waals surface area contributed by atoms with E-state index in [-0.39, 0.29) is 23.5 Å². The van der Waals surface area contributed by atoms with Crippen LogP contribution in [0.2, 0.25) is 0 Å². The lowest BCUT2D eigenvalue weighted by Crippen LogP contribution is -2.26. The number of oxazole rings is 1. The number of rotatable bonds is 8. The molecule has 124 valence electrons. The summed E-state index contributed by atoms with van der Waals surface area (Å²) in [5.41, 5.74) is 6.72. The van der Waals surface area contributed by atoms with Gasteiger partial charge < -0.3 is 15.5 Å². The molecular formula is C17H22FN3O2. The van der Waals surface area contributed by atoms with E-state index in [2.05, 4.69) is 17.2 Å². The number of nitrogens with one attached hydrogen (secondary N) is 1. The number of carbonyl (C=O) groups is 1. The zero-order valence-corrected chi connectivity index (χ0v) is 13.2. The summed E-state index contributed by atoms with van der Waals surface area (Å²) >= 11 is 0. The van der Waals surface area contributed by atoms with Gasteiger partial charge in [0.15, 0.2) is 5.69 Å². The highest BCUT2D eigenvalue weighted by atomic mass is 19.1. The van der Waals surface area contributed by atoms with Crippen LogP contribution in [0.25, 0.3) is 0 Å². The molecule has 1 unspecified atom stereocenters. The van der Waals surface area contributed by atoms with Crippen molar-refractivity contribution in [3.05, 3.63) is 53.5 Å². The molecule has 23 heavy (non-hydrogen) atoms. The van der Waals surface area contributed by atoms with E-state index in [9.17, 15) is 9.18 Å². The third kappa shape index (κ3) is 4.89. The lowest BCUT2D eigenvalue weighted by atomic mass is 10.1. The quantitative estimate of drug-likeness (QED) is 0.784. The van der Waals surface area contributed by atoms with Crippen molar-refractivity contribution in [1.82, 2.24) is 10.3 Å². The molecule has 0 aliphatic carbocycles. The molecule has 3 N–H and O–H groups in total. The van der Waals surface area contributed by atoms with Crippen LogP contribution in [-0.4, -0.2) is 17.4 Å². The van der Waals surface area contributed by atoms with Crippen molar-refractivity contribution in [3.63, 3.8) is 0 Å². The fraction of sp³-hybridized carbons (Fsp3) is 0.412. The van der Waals surface area contributed by atoms with Crippen LogP contribution in [-0.2, 0) is 6.42 Å². The minimum absolute atomic E-state index is 0.195. The van der Waals surface area contributed by atoms with Gasteiger partial charge in [0.25, 0.3) is 5.91 Å². The first-order valence-corrected chi connectivity index (χ1v) is 7.84. The van der Waals surface area contributed by atoms with Crippen LogP contribution in [0, 0.1) is 5.82 Å². The molecule has 0 fully saturated rings. The number of aromatic nitrogens is 1. The second-order valence-corrected chi connectivity index (χ2v) is 5.42. The second-order valence-electron chi connectivity index (χ2n) is 5.42. The molecule has 1 amide bonds. The van der Waals surface area contributed by atoms with Crippen molar-refractivity contribution < 1.29 is 13.6 Å². The lowest BCUT2D eigenvalue weighted by molar-refractivity contribution is 0.0949. The summed E-state index contributed by atoms with van der Waals surface area (Å²) in [5.74, 6) is -0.246. The van der Waals surface area contributed by atoms with E-state index in [1.807, 2.05) is 0 Å². The Kier molecular flexibility index (Phi) is 6.29. The van der Waals surface area contributed by atoms with Crippen molar-refractivity contribution in [2.75, 3.05) is 6.54 Å². The standard InChI is InChI=1S/C17H22FN3O2/c1-2-3-8-14(19)17-21-15(11-23-17)16(22)20-10-9-12-6-4-5-7-13(12)18/h4-7,11,14H,2-3,8-10,19H2,1H3,(H,20,22). The van der Waals surface area contributed by atoms with Crippen LogP contribution >= 0.6 is 0 Å². The third-order valence-corrected chi connectivity index (χ3v) is 3.58. The molecule has 1 aromatic heterocycles. The van der Waals surface area contributed by atoms with Crippen molar-refractivity contribution >= 4 is 5.91 Å². The molecule has 0 saturated carbocycles. The Morgan fingerprint density at radius 1 is 1.43 bits per heavy atom. The summed E-state index contributed by atoms with van der Waals surface area (Å²) < 4.78 is 18.7. The van der Waals surface area contributed by atoms with Crippen LogP contribution in [0.4, 0.5) is 4.39 Å². The maximum Gasteiger partial charge on any atom is 0.273 e. The summed E-state index contributed by atoms with van der Waals surface area (Å²) in [6.07, 6.45) is 4.51. The molecule has 0 bridgehead atoms. The Bertz CT molecular complexity index is 642. The number of nitrogens with zero attached hydrogens (tertiary/aromatic N) is 1. The highest BCUT2D eigenvalue weighted by Crippen LogP contribution is 2.16. The summed E-state index contributed by atoms with van der Waals surface area (Å²) in [5, 5.41) is 2.70. The van der Waals surface area contributed by atoms with Gasteiger partial charge in [-0.05, 0) is 24.5 Å².